The molecule has 15 heavy (non-hydrogen) atoms. The van der Waals surface area contributed by atoms with E-state index < -0.39 is 0 Å². The van der Waals surface area contributed by atoms with E-state index in [1.165, 1.54) is 29.1 Å². The molecule has 0 bridgehead atoms. The fourth-order valence-corrected chi connectivity index (χ4v) is 1.37. The number of nitrogens with zero attached hydrogens (tertiary/aromatic N) is 2. The molecule has 1 aromatic heterocycles. The van der Waals surface area contributed by atoms with Gasteiger partial charge in [0.25, 0.3) is 0 Å². The highest BCUT2D eigenvalue weighted by molar-refractivity contribution is 6.30. The maximum atomic E-state index is 10.6. The van der Waals surface area contributed by atoms with E-state index in [4.69, 9.17) is 11.6 Å². The molecular formula is C10H7ClN2O2. The molecule has 0 aliphatic rings. The van der Waals surface area contributed by atoms with Crippen molar-refractivity contribution in [3.8, 4) is 11.4 Å². The standard InChI is InChI=1S/C10H7ClN2O2/c11-8-4-12-13(5-8)9-3-7(6-14)1-2-10(9)15/h1-6,15H. The highest BCUT2D eigenvalue weighted by Gasteiger charge is 2.06. The van der Waals surface area contributed by atoms with Gasteiger partial charge in [-0.2, -0.15) is 5.10 Å². The van der Waals surface area contributed by atoms with E-state index in [1.807, 2.05) is 0 Å². The molecule has 0 aliphatic heterocycles. The third kappa shape index (κ3) is 1.85. The topological polar surface area (TPSA) is 55.1 Å². The van der Waals surface area contributed by atoms with E-state index >= 15 is 0 Å². The molecule has 4 nitrogen and oxygen atoms in total. The lowest BCUT2D eigenvalue weighted by molar-refractivity contribution is 0.112. The molecule has 0 saturated carbocycles. The van der Waals surface area contributed by atoms with E-state index in [9.17, 15) is 9.90 Å². The van der Waals surface area contributed by atoms with Gasteiger partial charge in [-0.05, 0) is 18.2 Å². The number of aromatic nitrogens is 2. The van der Waals surface area contributed by atoms with Crippen molar-refractivity contribution in [2.75, 3.05) is 0 Å². The maximum absolute atomic E-state index is 10.6. The number of benzene rings is 1. The van der Waals surface area contributed by atoms with E-state index in [2.05, 4.69) is 5.10 Å². The highest BCUT2D eigenvalue weighted by Crippen LogP contribution is 2.22. The second-order valence-electron chi connectivity index (χ2n) is 2.97. The zero-order chi connectivity index (χ0) is 10.8. The molecule has 0 atom stereocenters. The van der Waals surface area contributed by atoms with Gasteiger partial charge in [-0.3, -0.25) is 4.79 Å². The zero-order valence-corrected chi connectivity index (χ0v) is 8.35. The molecule has 0 aliphatic carbocycles. The fourth-order valence-electron chi connectivity index (χ4n) is 1.23. The maximum Gasteiger partial charge on any atom is 0.150 e. The Hall–Kier alpha value is -1.81. The number of aldehydes is 1. The van der Waals surface area contributed by atoms with Crippen LogP contribution in [-0.4, -0.2) is 21.2 Å². The Morgan fingerprint density at radius 3 is 2.87 bits per heavy atom. The van der Waals surface area contributed by atoms with Crippen LogP contribution >= 0.6 is 11.6 Å². The SMILES string of the molecule is O=Cc1ccc(O)c(-n2cc(Cl)cn2)c1. The van der Waals surface area contributed by atoms with Gasteiger partial charge in [-0.25, -0.2) is 4.68 Å². The number of halogens is 1. The van der Waals surface area contributed by atoms with E-state index in [1.54, 1.807) is 6.20 Å². The minimum Gasteiger partial charge on any atom is -0.506 e. The number of carbonyl (C=O) groups is 1. The van der Waals surface area contributed by atoms with Gasteiger partial charge in [0.15, 0.2) is 0 Å². The number of hydrogen-bond acceptors (Lipinski definition) is 3. The summed E-state index contributed by atoms with van der Waals surface area (Å²) < 4.78 is 1.41. The molecule has 1 aromatic carbocycles. The second kappa shape index (κ2) is 3.74. The summed E-state index contributed by atoms with van der Waals surface area (Å²) in [6.45, 7) is 0. The molecule has 0 unspecified atom stereocenters. The summed E-state index contributed by atoms with van der Waals surface area (Å²) in [5.41, 5.74) is 0.890. The highest BCUT2D eigenvalue weighted by atomic mass is 35.5. The van der Waals surface area contributed by atoms with Crippen molar-refractivity contribution in [3.63, 3.8) is 0 Å². The molecule has 5 heteroatoms. The molecular weight excluding hydrogens is 216 g/mol. The van der Waals surface area contributed by atoms with Crippen LogP contribution < -0.4 is 0 Å². The molecule has 0 spiro atoms. The van der Waals surface area contributed by atoms with Crippen LogP contribution in [0.15, 0.2) is 30.6 Å². The summed E-state index contributed by atoms with van der Waals surface area (Å²) in [5.74, 6) is 0.0420. The summed E-state index contributed by atoms with van der Waals surface area (Å²) in [5, 5.41) is 14.0. The summed E-state index contributed by atoms with van der Waals surface area (Å²) in [4.78, 5) is 10.6. The van der Waals surface area contributed by atoms with Gasteiger partial charge in [-0.15, -0.1) is 0 Å². The van der Waals surface area contributed by atoms with Crippen LogP contribution in [0.3, 0.4) is 0 Å². The van der Waals surface area contributed by atoms with Gasteiger partial charge < -0.3 is 5.11 Å². The van der Waals surface area contributed by atoms with Crippen molar-refractivity contribution >= 4 is 17.9 Å². The monoisotopic (exact) mass is 222 g/mol. The van der Waals surface area contributed by atoms with Gasteiger partial charge in [0.1, 0.15) is 17.7 Å². The van der Waals surface area contributed by atoms with E-state index in [-0.39, 0.29) is 5.75 Å². The van der Waals surface area contributed by atoms with E-state index in [0.717, 1.165) is 0 Å². The average Bonchev–Trinajstić information content (AvgIpc) is 2.65. The fraction of sp³-hybridized carbons (Fsp3) is 0. The molecule has 0 saturated heterocycles. The van der Waals surface area contributed by atoms with E-state index in [0.29, 0.717) is 22.6 Å². The predicted octanol–water partition coefficient (Wildman–Crippen LogP) is 2.04. The molecule has 76 valence electrons. The van der Waals surface area contributed by atoms with Crippen LogP contribution in [0, 0.1) is 0 Å². The summed E-state index contributed by atoms with van der Waals surface area (Å²) in [7, 11) is 0. The molecule has 2 aromatic rings. The van der Waals surface area contributed by atoms with Crippen molar-refractivity contribution < 1.29 is 9.90 Å². The number of carbonyl (C=O) groups excluding carboxylic acids is 1. The predicted molar refractivity (Wildman–Crippen MR) is 55.6 cm³/mol. The Kier molecular flexibility index (Phi) is 2.43. The van der Waals surface area contributed by atoms with Crippen LogP contribution in [0.2, 0.25) is 5.02 Å². The Bertz CT molecular complexity index is 508. The number of aromatic hydroxyl groups is 1. The number of phenols is 1. The lowest BCUT2D eigenvalue weighted by Gasteiger charge is -2.04. The Balaban J connectivity index is 2.55. The van der Waals surface area contributed by atoms with Gasteiger partial charge >= 0.3 is 0 Å². The first-order valence-electron chi connectivity index (χ1n) is 4.19. The van der Waals surface area contributed by atoms with Crippen molar-refractivity contribution in [3.05, 3.63) is 41.2 Å². The first-order valence-corrected chi connectivity index (χ1v) is 4.57. The van der Waals surface area contributed by atoms with Crippen LogP contribution in [-0.2, 0) is 0 Å². The molecule has 0 fully saturated rings. The molecule has 1 N–H and O–H groups in total. The molecule has 2 rings (SSSR count). The van der Waals surface area contributed by atoms with Crippen LogP contribution in [0.5, 0.6) is 5.75 Å². The minimum absolute atomic E-state index is 0.0420. The van der Waals surface area contributed by atoms with Crippen molar-refractivity contribution in [1.82, 2.24) is 9.78 Å². The third-order valence-electron chi connectivity index (χ3n) is 1.93. The smallest absolute Gasteiger partial charge is 0.150 e. The lowest BCUT2D eigenvalue weighted by atomic mass is 10.2. The third-order valence-corrected chi connectivity index (χ3v) is 2.13. The number of hydrogen-bond donors (Lipinski definition) is 1. The van der Waals surface area contributed by atoms with Crippen LogP contribution in [0.25, 0.3) is 5.69 Å². The lowest BCUT2D eigenvalue weighted by Crippen LogP contribution is -1.95. The van der Waals surface area contributed by atoms with Gasteiger partial charge in [0, 0.05) is 11.8 Å². The average molecular weight is 223 g/mol. The largest absolute Gasteiger partial charge is 0.506 e. The Morgan fingerprint density at radius 1 is 1.47 bits per heavy atom. The van der Waals surface area contributed by atoms with Crippen molar-refractivity contribution in [1.29, 1.82) is 0 Å². The second-order valence-corrected chi connectivity index (χ2v) is 3.41. The van der Waals surface area contributed by atoms with Crippen molar-refractivity contribution in [2.45, 2.75) is 0 Å². The molecule has 0 radical (unpaired) electrons. The molecule has 0 amide bonds. The quantitative estimate of drug-likeness (QED) is 0.792. The Morgan fingerprint density at radius 2 is 2.27 bits per heavy atom. The Labute approximate surface area is 90.7 Å². The number of phenolic OH excluding ortho intramolecular Hbond substituents is 1. The molecule has 1 heterocycles. The first-order chi connectivity index (χ1) is 7.20. The van der Waals surface area contributed by atoms with Crippen LogP contribution in [0.4, 0.5) is 0 Å². The first kappa shape index (κ1) is 9.73. The van der Waals surface area contributed by atoms with Crippen LogP contribution in [0.1, 0.15) is 10.4 Å². The zero-order valence-electron chi connectivity index (χ0n) is 7.59. The number of rotatable bonds is 2. The van der Waals surface area contributed by atoms with Gasteiger partial charge in [0.05, 0.1) is 11.2 Å². The van der Waals surface area contributed by atoms with Gasteiger partial charge in [-0.1, -0.05) is 11.6 Å². The minimum atomic E-state index is 0.0420. The summed E-state index contributed by atoms with van der Waals surface area (Å²) in [6.07, 6.45) is 3.70. The summed E-state index contributed by atoms with van der Waals surface area (Å²) in [6, 6.07) is 4.50. The summed E-state index contributed by atoms with van der Waals surface area (Å²) >= 11 is 5.70. The normalized spacial score (nSPS) is 10.2. The van der Waals surface area contributed by atoms with Crippen molar-refractivity contribution in [2.24, 2.45) is 0 Å². The van der Waals surface area contributed by atoms with Gasteiger partial charge in [0.2, 0.25) is 0 Å².